The van der Waals surface area contributed by atoms with E-state index in [2.05, 4.69) is 15.5 Å². The Morgan fingerprint density at radius 2 is 2.19 bits per heavy atom. The van der Waals surface area contributed by atoms with Crippen molar-refractivity contribution in [2.24, 2.45) is 0 Å². The third kappa shape index (κ3) is 3.84. The summed E-state index contributed by atoms with van der Waals surface area (Å²) in [7, 11) is 2.02. The molecule has 0 saturated carbocycles. The Morgan fingerprint density at radius 1 is 1.43 bits per heavy atom. The van der Waals surface area contributed by atoms with Gasteiger partial charge >= 0.3 is 12.0 Å². The molecule has 2 saturated heterocycles. The number of nitrogens with zero attached hydrogens (tertiary/aromatic N) is 2. The number of piperazine rings is 1. The topological polar surface area (TPSA) is 102 Å². The van der Waals surface area contributed by atoms with Crippen LogP contribution in [0.1, 0.15) is 19.3 Å². The smallest absolute Gasteiger partial charge is 0.318 e. The molecule has 21 heavy (non-hydrogen) atoms. The summed E-state index contributed by atoms with van der Waals surface area (Å²) in [5, 5.41) is 14.3. The van der Waals surface area contributed by atoms with Gasteiger partial charge in [0, 0.05) is 25.7 Å². The lowest BCUT2D eigenvalue weighted by Gasteiger charge is -2.34. The largest absolute Gasteiger partial charge is 0.481 e. The van der Waals surface area contributed by atoms with Gasteiger partial charge in [0.1, 0.15) is 6.04 Å². The predicted molar refractivity (Wildman–Crippen MR) is 74.8 cm³/mol. The highest BCUT2D eigenvalue weighted by Gasteiger charge is 2.35. The molecule has 0 aliphatic carbocycles. The van der Waals surface area contributed by atoms with Gasteiger partial charge in [0.15, 0.2) is 0 Å². The van der Waals surface area contributed by atoms with Gasteiger partial charge in [0.2, 0.25) is 5.91 Å². The number of carbonyl (C=O) groups is 3. The molecule has 0 radical (unpaired) electrons. The van der Waals surface area contributed by atoms with Gasteiger partial charge in [-0.1, -0.05) is 0 Å². The van der Waals surface area contributed by atoms with E-state index < -0.39 is 17.9 Å². The summed E-state index contributed by atoms with van der Waals surface area (Å²) in [4.78, 5) is 38.3. The molecule has 2 rings (SSSR count). The van der Waals surface area contributed by atoms with Crippen LogP contribution in [0.3, 0.4) is 0 Å². The van der Waals surface area contributed by atoms with E-state index in [1.807, 2.05) is 7.05 Å². The van der Waals surface area contributed by atoms with Gasteiger partial charge in [0.05, 0.1) is 6.42 Å². The van der Waals surface area contributed by atoms with Crippen molar-refractivity contribution in [3.8, 4) is 0 Å². The van der Waals surface area contributed by atoms with Crippen molar-refractivity contribution in [3.05, 3.63) is 0 Å². The highest BCUT2D eigenvalue weighted by molar-refractivity contribution is 5.91. The fourth-order valence-corrected chi connectivity index (χ4v) is 2.87. The zero-order valence-corrected chi connectivity index (χ0v) is 12.2. The first-order chi connectivity index (χ1) is 9.99. The third-order valence-corrected chi connectivity index (χ3v) is 4.12. The number of rotatable bonds is 4. The molecule has 2 atom stereocenters. The van der Waals surface area contributed by atoms with Crippen molar-refractivity contribution in [1.82, 2.24) is 20.4 Å². The first kappa shape index (κ1) is 15.6. The number of likely N-dealkylation sites (tertiary alicyclic amines) is 1. The monoisotopic (exact) mass is 298 g/mol. The van der Waals surface area contributed by atoms with E-state index in [1.54, 1.807) is 0 Å². The van der Waals surface area contributed by atoms with E-state index in [0.717, 1.165) is 19.4 Å². The molecule has 0 aromatic heterocycles. The van der Waals surface area contributed by atoms with E-state index in [0.29, 0.717) is 25.7 Å². The number of carboxylic acid groups (broad SMARTS) is 1. The van der Waals surface area contributed by atoms with Crippen LogP contribution in [0.15, 0.2) is 0 Å². The molecular weight excluding hydrogens is 276 g/mol. The summed E-state index contributed by atoms with van der Waals surface area (Å²) in [6, 6.07) is -0.987. The number of aliphatic carboxylic acids is 1. The molecule has 2 heterocycles. The number of urea groups is 1. The fourth-order valence-electron chi connectivity index (χ4n) is 2.87. The first-order valence-electron chi connectivity index (χ1n) is 7.23. The number of hydrogen-bond donors (Lipinski definition) is 3. The Balaban J connectivity index is 1.91. The number of carboxylic acids is 1. The SMILES string of the molecule is CN1CCCC1CNC(=O)N1CCNC(=O)C1CC(=O)O. The van der Waals surface area contributed by atoms with Crippen molar-refractivity contribution >= 4 is 17.9 Å². The van der Waals surface area contributed by atoms with Gasteiger partial charge in [0.25, 0.3) is 0 Å². The number of amides is 3. The highest BCUT2D eigenvalue weighted by Crippen LogP contribution is 2.14. The van der Waals surface area contributed by atoms with Crippen LogP contribution in [0, 0.1) is 0 Å². The number of nitrogens with one attached hydrogen (secondary N) is 2. The minimum atomic E-state index is -1.09. The van der Waals surface area contributed by atoms with Crippen molar-refractivity contribution in [2.75, 3.05) is 33.2 Å². The molecule has 2 fully saturated rings. The van der Waals surface area contributed by atoms with Gasteiger partial charge in [-0.25, -0.2) is 4.79 Å². The predicted octanol–water partition coefficient (Wildman–Crippen LogP) is -0.935. The van der Waals surface area contributed by atoms with Crippen LogP contribution in [0.5, 0.6) is 0 Å². The van der Waals surface area contributed by atoms with Gasteiger partial charge in [-0.05, 0) is 26.4 Å². The number of likely N-dealkylation sites (N-methyl/N-ethyl adjacent to an activating group) is 1. The van der Waals surface area contributed by atoms with Crippen molar-refractivity contribution in [2.45, 2.75) is 31.3 Å². The Morgan fingerprint density at radius 3 is 2.81 bits per heavy atom. The second-order valence-electron chi connectivity index (χ2n) is 5.56. The van der Waals surface area contributed by atoms with Crippen LogP contribution in [-0.4, -0.2) is 78.1 Å². The van der Waals surface area contributed by atoms with Crippen molar-refractivity contribution < 1.29 is 19.5 Å². The summed E-state index contributed by atoms with van der Waals surface area (Å²) in [5.41, 5.74) is 0. The third-order valence-electron chi connectivity index (χ3n) is 4.12. The number of carbonyl (C=O) groups excluding carboxylic acids is 2. The molecule has 3 N–H and O–H groups in total. The summed E-state index contributed by atoms with van der Waals surface area (Å²) in [6.45, 7) is 2.23. The molecule has 0 aromatic rings. The van der Waals surface area contributed by atoms with E-state index >= 15 is 0 Å². The Kier molecular flexibility index (Phi) is 5.00. The first-order valence-corrected chi connectivity index (χ1v) is 7.23. The summed E-state index contributed by atoms with van der Waals surface area (Å²) >= 11 is 0. The lowest BCUT2D eigenvalue weighted by Crippen LogP contribution is -2.60. The molecule has 0 bridgehead atoms. The maximum absolute atomic E-state index is 12.2. The standard InChI is InChI=1S/C13H22N4O4/c1-16-5-2-3-9(16)8-15-13(21)17-6-4-14-12(20)10(17)7-11(18)19/h9-10H,2-8H2,1H3,(H,14,20)(H,15,21)(H,18,19). The van der Waals surface area contributed by atoms with Crippen LogP contribution in [-0.2, 0) is 9.59 Å². The summed E-state index contributed by atoms with van der Waals surface area (Å²) in [6.07, 6.45) is 1.78. The molecule has 0 aromatic carbocycles. The summed E-state index contributed by atoms with van der Waals surface area (Å²) < 4.78 is 0. The molecule has 2 aliphatic heterocycles. The van der Waals surface area contributed by atoms with Crippen molar-refractivity contribution in [3.63, 3.8) is 0 Å². The average molecular weight is 298 g/mol. The maximum Gasteiger partial charge on any atom is 0.318 e. The molecule has 2 unspecified atom stereocenters. The molecule has 8 heteroatoms. The van der Waals surface area contributed by atoms with E-state index in [4.69, 9.17) is 5.11 Å². The minimum absolute atomic E-state index is 0.311. The Labute approximate surface area is 123 Å². The zero-order chi connectivity index (χ0) is 15.4. The highest BCUT2D eigenvalue weighted by atomic mass is 16.4. The molecule has 3 amide bonds. The normalized spacial score (nSPS) is 26.5. The van der Waals surface area contributed by atoms with E-state index in [9.17, 15) is 14.4 Å². The molecule has 0 spiro atoms. The minimum Gasteiger partial charge on any atom is -0.481 e. The number of hydrogen-bond acceptors (Lipinski definition) is 4. The zero-order valence-electron chi connectivity index (χ0n) is 12.2. The van der Waals surface area contributed by atoms with Gasteiger partial charge in [-0.3, -0.25) is 9.59 Å². The van der Waals surface area contributed by atoms with Crippen LogP contribution >= 0.6 is 0 Å². The Hall–Kier alpha value is -1.83. The molecule has 2 aliphatic rings. The molecule has 8 nitrogen and oxygen atoms in total. The fraction of sp³-hybridized carbons (Fsp3) is 0.769. The van der Waals surface area contributed by atoms with Gasteiger partial charge < -0.3 is 25.5 Å². The lowest BCUT2D eigenvalue weighted by atomic mass is 10.1. The van der Waals surface area contributed by atoms with E-state index in [1.165, 1.54) is 4.90 Å². The van der Waals surface area contributed by atoms with Crippen molar-refractivity contribution in [1.29, 1.82) is 0 Å². The van der Waals surface area contributed by atoms with E-state index in [-0.39, 0.29) is 12.5 Å². The quantitative estimate of drug-likeness (QED) is 0.622. The molecule has 118 valence electrons. The van der Waals surface area contributed by atoms with Crippen LogP contribution in [0.4, 0.5) is 4.79 Å². The van der Waals surface area contributed by atoms with Gasteiger partial charge in [-0.2, -0.15) is 0 Å². The Bertz CT molecular complexity index is 428. The summed E-state index contributed by atoms with van der Waals surface area (Å²) in [5.74, 6) is -1.50. The second-order valence-corrected chi connectivity index (χ2v) is 5.56. The lowest BCUT2D eigenvalue weighted by molar-refractivity contribution is -0.142. The van der Waals surface area contributed by atoms with Gasteiger partial charge in [-0.15, -0.1) is 0 Å². The maximum atomic E-state index is 12.2. The van der Waals surface area contributed by atoms with Crippen LogP contribution < -0.4 is 10.6 Å². The second kappa shape index (κ2) is 6.75. The van der Waals surface area contributed by atoms with Crippen LogP contribution in [0.25, 0.3) is 0 Å². The molecular formula is C13H22N4O4. The average Bonchev–Trinajstić information content (AvgIpc) is 2.83. The van der Waals surface area contributed by atoms with Crippen LogP contribution in [0.2, 0.25) is 0 Å².